The van der Waals surface area contributed by atoms with Crippen molar-refractivity contribution in [2.45, 2.75) is 129 Å². The minimum absolute atomic E-state index is 0.369. The number of piperidine rings is 1. The summed E-state index contributed by atoms with van der Waals surface area (Å²) >= 11 is 7.92. The fourth-order valence-electron chi connectivity index (χ4n) is 12.3. The van der Waals surface area contributed by atoms with Gasteiger partial charge in [-0.25, -0.2) is 38.7 Å². The van der Waals surface area contributed by atoms with Crippen LogP contribution in [-0.4, -0.2) is 122 Å². The van der Waals surface area contributed by atoms with Crippen LogP contribution in [0.25, 0.3) is 33.8 Å². The average Bonchev–Trinajstić information content (AvgIpc) is 2.77. The van der Waals surface area contributed by atoms with Crippen molar-refractivity contribution in [2.75, 3.05) is 58.9 Å². The largest absolute Gasteiger partial charge is 0.317 e. The Balaban J connectivity index is 0.000000150. The summed E-state index contributed by atoms with van der Waals surface area (Å²) in [4.78, 5) is 36.9. The third-order valence-electron chi connectivity index (χ3n) is 17.5. The number of aromatic nitrogens is 6. The van der Waals surface area contributed by atoms with Gasteiger partial charge in [0, 0.05) is 141 Å². The standard InChI is InChI=1S/C27H33ClN4.C25H28F2N4.C23H28N4S/c1-2-32(25-12-15-29-16-13-25)20-22-8-3-9-23(18-22)26-14-17-30-27(31-26)11-5-7-21-6-4-10-24(28)19-21;1-18-16-28-12-13-31(18)17-19-4-2-6-21(14-19)24-10-11-29-25(30-24)7-3-5-20-15-22(26)8-9-23(20)27;1-18-16-24-12-13-27(18)17-19-5-2-6-20(15-19)22-10-11-25-23(26-22)9-3-7-21-8-4-14-28-21/h3-4,6,8-10,14,17-19,25,29H,2,5,7,11-13,15-16,20H2,1H3;2,4,6,8-11,14-15,18,28H,3,5,7,12-13,16-17H2,1H3;2,4-6,8,10-11,14-15,18,24H,3,7,9,12-13,16-17H2,1H3/t;2*18-/m.00/s1. The monoisotopic (exact) mass is 1260 g/mol. The lowest BCUT2D eigenvalue weighted by molar-refractivity contribution is 0.162. The third kappa shape index (κ3) is 21.0. The normalized spacial score (nSPS) is 16.4. The Bertz CT molecular complexity index is 3660. The highest BCUT2D eigenvalue weighted by Crippen LogP contribution is 2.26. The number of nitrogens with one attached hydrogen (secondary N) is 3. The van der Waals surface area contributed by atoms with Gasteiger partial charge in [0.05, 0.1) is 17.1 Å². The molecule has 0 bridgehead atoms. The Morgan fingerprint density at radius 1 is 0.527 bits per heavy atom. The molecule has 0 radical (unpaired) electrons. The van der Waals surface area contributed by atoms with Gasteiger partial charge in [0.2, 0.25) is 0 Å². The summed E-state index contributed by atoms with van der Waals surface area (Å²) in [5.41, 5.74) is 12.0. The van der Waals surface area contributed by atoms with Crippen LogP contribution in [0.1, 0.15) is 103 Å². The molecule has 0 spiro atoms. The Kier molecular flexibility index (Phi) is 25.8. The molecule has 4 aromatic heterocycles. The van der Waals surface area contributed by atoms with Crippen molar-refractivity contribution in [3.05, 3.63) is 236 Å². The van der Waals surface area contributed by atoms with Gasteiger partial charge in [-0.1, -0.05) is 91.3 Å². The lowest BCUT2D eigenvalue weighted by Crippen LogP contribution is -2.49. The van der Waals surface area contributed by atoms with E-state index in [0.717, 1.165) is 168 Å². The maximum atomic E-state index is 13.8. The van der Waals surface area contributed by atoms with Crippen LogP contribution in [0, 0.1) is 11.6 Å². The molecule has 3 N–H and O–H groups in total. The fraction of sp³-hybridized carbons (Fsp3) is 0.387. The summed E-state index contributed by atoms with van der Waals surface area (Å²) < 4.78 is 27.1. The molecule has 5 aromatic carbocycles. The average molecular weight is 1260 g/mol. The highest BCUT2D eigenvalue weighted by atomic mass is 35.5. The molecule has 0 amide bonds. The number of aryl methyl sites for hydroxylation is 6. The van der Waals surface area contributed by atoms with Gasteiger partial charge in [-0.3, -0.25) is 14.7 Å². The summed E-state index contributed by atoms with van der Waals surface area (Å²) in [5.74, 6) is 1.78. The molecule has 2 atom stereocenters. The lowest BCUT2D eigenvalue weighted by Gasteiger charge is -2.34. The first kappa shape index (κ1) is 66.9. The minimum atomic E-state index is -0.412. The first-order valence-corrected chi connectivity index (χ1v) is 34.1. The maximum Gasteiger partial charge on any atom is 0.128 e. The van der Waals surface area contributed by atoms with E-state index in [9.17, 15) is 8.78 Å². The van der Waals surface area contributed by atoms with Crippen LogP contribution in [-0.2, 0) is 58.2 Å². The van der Waals surface area contributed by atoms with Crippen molar-refractivity contribution in [3.8, 4) is 33.8 Å². The van der Waals surface area contributed by atoms with E-state index in [1.54, 1.807) is 6.20 Å². The number of rotatable bonds is 23. The van der Waals surface area contributed by atoms with Gasteiger partial charge in [-0.15, -0.1) is 11.3 Å². The molecule has 3 aliphatic heterocycles. The summed E-state index contributed by atoms with van der Waals surface area (Å²) in [7, 11) is 0. The van der Waals surface area contributed by atoms with Gasteiger partial charge in [0.15, 0.2) is 0 Å². The van der Waals surface area contributed by atoms with Crippen molar-refractivity contribution in [1.82, 2.24) is 60.6 Å². The third-order valence-corrected chi connectivity index (χ3v) is 18.6. The van der Waals surface area contributed by atoms with Crippen molar-refractivity contribution in [1.29, 1.82) is 0 Å². The smallest absolute Gasteiger partial charge is 0.128 e. The Morgan fingerprint density at radius 3 is 1.57 bits per heavy atom. The van der Waals surface area contributed by atoms with Crippen molar-refractivity contribution in [2.24, 2.45) is 0 Å². The Morgan fingerprint density at radius 2 is 1.04 bits per heavy atom. The predicted octanol–water partition coefficient (Wildman–Crippen LogP) is 14.1. The quantitative estimate of drug-likeness (QED) is 0.0565. The number of hydrogen-bond donors (Lipinski definition) is 3. The number of hydrogen-bond acceptors (Lipinski definition) is 13. The van der Waals surface area contributed by atoms with E-state index in [1.807, 2.05) is 60.1 Å². The van der Waals surface area contributed by atoms with Crippen LogP contribution in [0.5, 0.6) is 0 Å². The second-order valence-electron chi connectivity index (χ2n) is 24.3. The van der Waals surface area contributed by atoms with E-state index >= 15 is 0 Å². The van der Waals surface area contributed by atoms with Crippen molar-refractivity contribution in [3.63, 3.8) is 0 Å². The van der Waals surface area contributed by atoms with E-state index in [4.69, 9.17) is 26.6 Å². The van der Waals surface area contributed by atoms with Crippen LogP contribution in [0.15, 0.2) is 170 Å². The molecular weight excluding hydrogens is 1170 g/mol. The second-order valence-corrected chi connectivity index (χ2v) is 25.7. The molecule has 12 nitrogen and oxygen atoms in total. The molecule has 7 heterocycles. The van der Waals surface area contributed by atoms with E-state index in [-0.39, 0.29) is 5.82 Å². The molecule has 476 valence electrons. The van der Waals surface area contributed by atoms with Crippen molar-refractivity contribution >= 4 is 22.9 Å². The van der Waals surface area contributed by atoms with Gasteiger partial charge in [-0.2, -0.15) is 0 Å². The molecular formula is C75H89ClF2N12S. The summed E-state index contributed by atoms with van der Waals surface area (Å²) in [6.45, 7) is 19.4. The Hall–Kier alpha value is -7.05. The summed E-state index contributed by atoms with van der Waals surface area (Å²) in [6.07, 6.45) is 15.7. The maximum absolute atomic E-state index is 13.8. The van der Waals surface area contributed by atoms with Crippen LogP contribution >= 0.6 is 22.9 Å². The van der Waals surface area contributed by atoms with Crippen LogP contribution in [0.4, 0.5) is 8.78 Å². The molecule has 9 aromatic rings. The second kappa shape index (κ2) is 35.1. The predicted molar refractivity (Wildman–Crippen MR) is 368 cm³/mol. The van der Waals surface area contributed by atoms with E-state index < -0.39 is 5.82 Å². The fourth-order valence-corrected chi connectivity index (χ4v) is 13.3. The molecule has 91 heavy (non-hydrogen) atoms. The van der Waals surface area contributed by atoms with Gasteiger partial charge < -0.3 is 16.0 Å². The summed E-state index contributed by atoms with van der Waals surface area (Å²) in [5, 5.41) is 13.3. The topological polar surface area (TPSA) is 123 Å². The van der Waals surface area contributed by atoms with Gasteiger partial charge >= 0.3 is 0 Å². The molecule has 12 rings (SSSR count). The molecule has 3 fully saturated rings. The zero-order valence-corrected chi connectivity index (χ0v) is 54.8. The highest BCUT2D eigenvalue weighted by Gasteiger charge is 2.22. The molecule has 3 saturated heterocycles. The molecule has 0 unspecified atom stereocenters. The zero-order chi connectivity index (χ0) is 63.0. The lowest BCUT2D eigenvalue weighted by atomic mass is 10.0. The Labute approximate surface area is 547 Å². The van der Waals surface area contributed by atoms with E-state index in [1.165, 1.54) is 63.2 Å². The van der Waals surface area contributed by atoms with Crippen LogP contribution < -0.4 is 16.0 Å². The zero-order valence-electron chi connectivity index (χ0n) is 53.2. The number of piperazine rings is 2. The van der Waals surface area contributed by atoms with E-state index in [2.05, 4.69) is 163 Å². The van der Waals surface area contributed by atoms with Gasteiger partial charge in [0.1, 0.15) is 29.1 Å². The van der Waals surface area contributed by atoms with Crippen molar-refractivity contribution < 1.29 is 8.78 Å². The van der Waals surface area contributed by atoms with Crippen LogP contribution in [0.3, 0.4) is 0 Å². The SMILES string of the molecule is CCN(Cc1cccc(-c2ccnc(CCCc3cccc(Cl)c3)n2)c1)C1CCNCC1.C[C@H]1CNCCN1Cc1cccc(-c2ccnc(CCCc3cc(F)ccc3F)n2)c1.C[C@H]1CNCCN1Cc1cccc(-c2ccnc(CCCc3cccs3)n2)c1. The highest BCUT2D eigenvalue weighted by molar-refractivity contribution is 7.09. The van der Waals surface area contributed by atoms with Gasteiger partial charge in [-0.05, 0) is 191 Å². The molecule has 16 heteroatoms. The number of halogens is 3. The minimum Gasteiger partial charge on any atom is -0.317 e. The molecule has 0 aliphatic carbocycles. The van der Waals surface area contributed by atoms with Crippen LogP contribution in [0.2, 0.25) is 5.02 Å². The number of nitrogens with zero attached hydrogens (tertiary/aromatic N) is 9. The first-order valence-electron chi connectivity index (χ1n) is 32.9. The number of benzene rings is 5. The van der Waals surface area contributed by atoms with Gasteiger partial charge in [0.25, 0.3) is 0 Å². The molecule has 3 aliphatic rings. The van der Waals surface area contributed by atoms with E-state index in [0.29, 0.717) is 43.0 Å². The number of thiophene rings is 1. The molecule has 0 saturated carbocycles. The first-order chi connectivity index (χ1) is 44.6. The summed E-state index contributed by atoms with van der Waals surface area (Å²) in [6, 6.07) is 49.9.